The van der Waals surface area contributed by atoms with E-state index in [1.807, 2.05) is 0 Å². The zero-order valence-corrected chi connectivity index (χ0v) is 11.1. The molecule has 5 nitrogen and oxygen atoms in total. The number of halogens is 2. The molecule has 0 aliphatic carbocycles. The summed E-state index contributed by atoms with van der Waals surface area (Å²) >= 11 is 5.87. The summed E-state index contributed by atoms with van der Waals surface area (Å²) in [6.45, 7) is 0.541. The monoisotopic (exact) mass is 285 g/mol. The second-order valence-electron chi connectivity index (χ2n) is 3.87. The fourth-order valence-electron chi connectivity index (χ4n) is 1.74. The van der Waals surface area contributed by atoms with Gasteiger partial charge in [-0.05, 0) is 18.2 Å². The van der Waals surface area contributed by atoms with Crippen molar-refractivity contribution in [1.29, 1.82) is 0 Å². The molecule has 1 heterocycles. The summed E-state index contributed by atoms with van der Waals surface area (Å²) in [4.78, 5) is 0. The van der Waals surface area contributed by atoms with E-state index in [0.717, 1.165) is 0 Å². The molecule has 0 aliphatic heterocycles. The van der Waals surface area contributed by atoms with Crippen molar-refractivity contribution in [2.45, 2.75) is 13.2 Å². The van der Waals surface area contributed by atoms with Gasteiger partial charge in [0.05, 0.1) is 12.2 Å². The highest BCUT2D eigenvalue weighted by Gasteiger charge is 2.16. The van der Waals surface area contributed by atoms with Gasteiger partial charge in [-0.3, -0.25) is 0 Å². The smallest absolute Gasteiger partial charge is 0.167 e. The average molecular weight is 286 g/mol. The van der Waals surface area contributed by atoms with Crippen LogP contribution >= 0.6 is 11.6 Å². The maximum absolute atomic E-state index is 13.8. The number of hydrogen-bond acceptors (Lipinski definition) is 4. The van der Waals surface area contributed by atoms with Crippen molar-refractivity contribution < 1.29 is 14.2 Å². The fraction of sp³-hybridized carbons (Fsp3) is 0.333. The number of aliphatic hydroxyl groups is 1. The van der Waals surface area contributed by atoms with E-state index >= 15 is 0 Å². The molecule has 19 heavy (non-hydrogen) atoms. The molecule has 2 aromatic rings. The van der Waals surface area contributed by atoms with Crippen LogP contribution in [-0.4, -0.2) is 33.6 Å². The highest BCUT2D eigenvalue weighted by molar-refractivity contribution is 6.30. The number of hydrogen-bond donors (Lipinski definition) is 1. The van der Waals surface area contributed by atoms with Gasteiger partial charge in [-0.25, -0.2) is 4.39 Å². The number of rotatable bonds is 5. The molecule has 1 aromatic carbocycles. The third kappa shape index (κ3) is 2.91. The van der Waals surface area contributed by atoms with E-state index in [0.29, 0.717) is 29.8 Å². The average Bonchev–Trinajstić information content (AvgIpc) is 2.81. The highest BCUT2D eigenvalue weighted by atomic mass is 35.5. The number of nitrogens with zero attached hydrogens (tertiary/aromatic N) is 3. The Morgan fingerprint density at radius 3 is 2.89 bits per heavy atom. The quantitative estimate of drug-likeness (QED) is 0.911. The van der Waals surface area contributed by atoms with Crippen molar-refractivity contribution in [3.05, 3.63) is 34.9 Å². The topological polar surface area (TPSA) is 60.2 Å². The zero-order valence-electron chi connectivity index (χ0n) is 10.3. The Labute approximate surface area is 114 Å². The van der Waals surface area contributed by atoms with Crippen molar-refractivity contribution in [2.24, 2.45) is 0 Å². The van der Waals surface area contributed by atoms with Crippen LogP contribution in [0.3, 0.4) is 0 Å². The summed E-state index contributed by atoms with van der Waals surface area (Å²) in [5, 5.41) is 17.4. The van der Waals surface area contributed by atoms with E-state index in [1.165, 1.54) is 18.2 Å². The third-order valence-corrected chi connectivity index (χ3v) is 2.89. The lowest BCUT2D eigenvalue weighted by molar-refractivity contribution is 0.183. The molecule has 0 radical (unpaired) electrons. The summed E-state index contributed by atoms with van der Waals surface area (Å²) in [5.41, 5.74) is 0.246. The van der Waals surface area contributed by atoms with Gasteiger partial charge in [0.2, 0.25) is 0 Å². The van der Waals surface area contributed by atoms with Gasteiger partial charge >= 0.3 is 0 Å². The van der Waals surface area contributed by atoms with E-state index in [4.69, 9.17) is 16.3 Å². The standard InChI is InChI=1S/C12H13ClFN3O2/c1-19-5-4-17-11(7-18)15-16-12(17)9-6-8(13)2-3-10(9)14/h2-3,6,18H,4-5,7H2,1H3. The molecule has 7 heteroatoms. The lowest BCUT2D eigenvalue weighted by Crippen LogP contribution is -2.10. The molecule has 0 bridgehead atoms. The van der Waals surface area contributed by atoms with Crippen LogP contribution in [-0.2, 0) is 17.9 Å². The van der Waals surface area contributed by atoms with Crippen molar-refractivity contribution in [2.75, 3.05) is 13.7 Å². The maximum atomic E-state index is 13.8. The minimum absolute atomic E-state index is 0.246. The first-order valence-corrected chi connectivity index (χ1v) is 6.02. The van der Waals surface area contributed by atoms with Crippen LogP contribution in [0.2, 0.25) is 5.02 Å². The van der Waals surface area contributed by atoms with Gasteiger partial charge in [0.25, 0.3) is 0 Å². The van der Waals surface area contributed by atoms with Crippen molar-refractivity contribution >= 4 is 11.6 Å². The molecule has 1 N–H and O–H groups in total. The van der Waals surface area contributed by atoms with Crippen LogP contribution in [0.4, 0.5) is 4.39 Å². The number of benzene rings is 1. The molecule has 0 atom stereocenters. The van der Waals surface area contributed by atoms with Crippen LogP contribution in [0.25, 0.3) is 11.4 Å². The van der Waals surface area contributed by atoms with E-state index < -0.39 is 5.82 Å². The molecule has 0 fully saturated rings. The number of aliphatic hydroxyl groups excluding tert-OH is 1. The van der Waals surface area contributed by atoms with E-state index in [-0.39, 0.29) is 12.2 Å². The lowest BCUT2D eigenvalue weighted by Gasteiger charge is -2.09. The summed E-state index contributed by atoms with van der Waals surface area (Å²) in [6, 6.07) is 4.21. The van der Waals surface area contributed by atoms with E-state index in [9.17, 15) is 9.50 Å². The molecule has 0 spiro atoms. The first-order valence-electron chi connectivity index (χ1n) is 5.64. The van der Waals surface area contributed by atoms with E-state index in [2.05, 4.69) is 10.2 Å². The normalized spacial score (nSPS) is 10.9. The van der Waals surface area contributed by atoms with Crippen molar-refractivity contribution in [3.8, 4) is 11.4 Å². The molecule has 2 rings (SSSR count). The molecular weight excluding hydrogens is 273 g/mol. The van der Waals surface area contributed by atoms with Crippen molar-refractivity contribution in [1.82, 2.24) is 14.8 Å². The Bertz CT molecular complexity index is 574. The first-order chi connectivity index (χ1) is 9.17. The first kappa shape index (κ1) is 13.9. The van der Waals surface area contributed by atoms with Gasteiger partial charge in [-0.15, -0.1) is 10.2 Å². The molecule has 0 unspecified atom stereocenters. The molecular formula is C12H13ClFN3O2. The lowest BCUT2D eigenvalue weighted by atomic mass is 10.2. The number of ether oxygens (including phenoxy) is 1. The Morgan fingerprint density at radius 1 is 1.42 bits per heavy atom. The third-order valence-electron chi connectivity index (χ3n) is 2.66. The molecule has 1 aromatic heterocycles. The Kier molecular flexibility index (Phi) is 4.47. The SMILES string of the molecule is COCCn1c(CO)nnc1-c1cc(Cl)ccc1F. The minimum atomic E-state index is -0.444. The number of aromatic nitrogens is 3. The fourth-order valence-corrected chi connectivity index (χ4v) is 1.91. The molecule has 0 aliphatic rings. The minimum Gasteiger partial charge on any atom is -0.388 e. The van der Waals surface area contributed by atoms with Crippen molar-refractivity contribution in [3.63, 3.8) is 0 Å². The molecule has 0 amide bonds. The van der Waals surface area contributed by atoms with Crippen LogP contribution in [0.5, 0.6) is 0 Å². The van der Waals surface area contributed by atoms with Gasteiger partial charge in [-0.1, -0.05) is 11.6 Å². The van der Waals surface area contributed by atoms with Gasteiger partial charge in [0, 0.05) is 18.7 Å². The van der Waals surface area contributed by atoms with Crippen LogP contribution < -0.4 is 0 Å². The summed E-state index contributed by atoms with van der Waals surface area (Å²) < 4.78 is 20.4. The van der Waals surface area contributed by atoms with Crippen LogP contribution in [0, 0.1) is 5.82 Å². The summed E-state index contributed by atoms with van der Waals surface area (Å²) in [6.07, 6.45) is 0. The Hall–Kier alpha value is -1.50. The van der Waals surface area contributed by atoms with Crippen LogP contribution in [0.1, 0.15) is 5.82 Å². The predicted octanol–water partition coefficient (Wildman–Crippen LogP) is 1.88. The van der Waals surface area contributed by atoms with Crippen LogP contribution in [0.15, 0.2) is 18.2 Å². The molecule has 0 saturated carbocycles. The summed E-state index contributed by atoms with van der Waals surface area (Å²) in [7, 11) is 1.56. The van der Waals surface area contributed by atoms with Gasteiger partial charge in [-0.2, -0.15) is 0 Å². The predicted molar refractivity (Wildman–Crippen MR) is 68.2 cm³/mol. The van der Waals surface area contributed by atoms with Gasteiger partial charge < -0.3 is 14.4 Å². The second-order valence-corrected chi connectivity index (χ2v) is 4.30. The second kappa shape index (κ2) is 6.10. The molecule has 0 saturated heterocycles. The van der Waals surface area contributed by atoms with Gasteiger partial charge in [0.1, 0.15) is 12.4 Å². The largest absolute Gasteiger partial charge is 0.388 e. The van der Waals surface area contributed by atoms with E-state index in [1.54, 1.807) is 11.7 Å². The Morgan fingerprint density at radius 2 is 2.21 bits per heavy atom. The Balaban J connectivity index is 2.49. The highest BCUT2D eigenvalue weighted by Crippen LogP contribution is 2.25. The zero-order chi connectivity index (χ0) is 13.8. The van der Waals surface area contributed by atoms with Gasteiger partial charge in [0.15, 0.2) is 11.6 Å². The number of methoxy groups -OCH3 is 1. The maximum Gasteiger partial charge on any atom is 0.167 e. The summed E-state index contributed by atoms with van der Waals surface area (Å²) in [5.74, 6) is 0.229. The molecule has 102 valence electrons.